The molecule has 1 aliphatic heterocycles. The van der Waals surface area contributed by atoms with Gasteiger partial charge in [0.1, 0.15) is 23.4 Å². The molecule has 0 radical (unpaired) electrons. The Morgan fingerprint density at radius 2 is 1.85 bits per heavy atom. The van der Waals surface area contributed by atoms with E-state index in [1.54, 1.807) is 7.11 Å². The summed E-state index contributed by atoms with van der Waals surface area (Å²) in [6.07, 6.45) is 2.22. The number of aryl methyl sites for hydroxylation is 1. The number of hydrogen-bond acceptors (Lipinski definition) is 5. The minimum Gasteiger partial charge on any atom is -0.497 e. The maximum atomic E-state index is 11.7. The van der Waals surface area contributed by atoms with Crippen LogP contribution in [0.15, 0.2) is 54.6 Å². The smallest absolute Gasteiger partial charge is 0.306 e. The predicted octanol–water partition coefficient (Wildman–Crippen LogP) is 5.78. The summed E-state index contributed by atoms with van der Waals surface area (Å²) < 4.78 is 22.5. The van der Waals surface area contributed by atoms with Crippen LogP contribution in [0.2, 0.25) is 0 Å². The Kier molecular flexibility index (Phi) is 5.71. The number of carbonyl (C=O) groups excluding carboxylic acids is 1. The Morgan fingerprint density at radius 3 is 2.67 bits per heavy atom. The summed E-state index contributed by atoms with van der Waals surface area (Å²) in [5, 5.41) is 0. The van der Waals surface area contributed by atoms with Crippen molar-refractivity contribution < 1.29 is 23.7 Å². The van der Waals surface area contributed by atoms with E-state index in [9.17, 15) is 4.79 Å². The molecule has 1 unspecified atom stereocenters. The zero-order valence-corrected chi connectivity index (χ0v) is 19.2. The second-order valence-corrected chi connectivity index (χ2v) is 8.69. The normalized spacial score (nSPS) is 18.3. The molecule has 33 heavy (non-hydrogen) atoms. The van der Waals surface area contributed by atoms with Crippen molar-refractivity contribution in [2.24, 2.45) is 0 Å². The van der Waals surface area contributed by atoms with E-state index in [-0.39, 0.29) is 18.0 Å². The highest BCUT2D eigenvalue weighted by atomic mass is 16.5. The van der Waals surface area contributed by atoms with Crippen LogP contribution in [0.1, 0.15) is 47.1 Å². The molecule has 1 aliphatic carbocycles. The lowest BCUT2D eigenvalue weighted by Crippen LogP contribution is -2.09. The van der Waals surface area contributed by atoms with Gasteiger partial charge in [0.25, 0.3) is 0 Å². The Morgan fingerprint density at radius 1 is 1.00 bits per heavy atom. The summed E-state index contributed by atoms with van der Waals surface area (Å²) in [6.45, 7) is 2.62. The zero-order valence-electron chi connectivity index (χ0n) is 19.2. The van der Waals surface area contributed by atoms with Gasteiger partial charge < -0.3 is 18.9 Å². The van der Waals surface area contributed by atoms with Crippen molar-refractivity contribution in [3.63, 3.8) is 0 Å². The van der Waals surface area contributed by atoms with Crippen LogP contribution in [0, 0.1) is 6.92 Å². The van der Waals surface area contributed by atoms with Gasteiger partial charge in [-0.1, -0.05) is 30.3 Å². The van der Waals surface area contributed by atoms with Gasteiger partial charge in [0.2, 0.25) is 0 Å². The molecule has 0 fully saturated rings. The first kappa shape index (κ1) is 21.4. The third-order valence-electron chi connectivity index (χ3n) is 6.73. The molecule has 0 N–H and O–H groups in total. The topological polar surface area (TPSA) is 54.0 Å². The molecule has 5 nitrogen and oxygen atoms in total. The second kappa shape index (κ2) is 8.81. The van der Waals surface area contributed by atoms with Crippen molar-refractivity contribution in [1.29, 1.82) is 0 Å². The monoisotopic (exact) mass is 444 g/mol. The summed E-state index contributed by atoms with van der Waals surface area (Å²) in [4.78, 5) is 11.7. The van der Waals surface area contributed by atoms with Crippen LogP contribution in [-0.4, -0.2) is 26.8 Å². The largest absolute Gasteiger partial charge is 0.497 e. The minimum absolute atomic E-state index is 0.00353. The van der Waals surface area contributed by atoms with Crippen LogP contribution in [0.5, 0.6) is 17.2 Å². The van der Waals surface area contributed by atoms with Gasteiger partial charge in [0.05, 0.1) is 27.2 Å². The van der Waals surface area contributed by atoms with Crippen LogP contribution in [0.3, 0.4) is 0 Å². The summed E-state index contributed by atoms with van der Waals surface area (Å²) in [5.74, 6) is 2.25. The SMILES string of the molecule is COC(=O)CC1COc2cc(O[C@@H]3CCc4c(-c5cc(OC)ccc5C)cccc43)ccc21. The molecule has 1 heterocycles. The minimum atomic E-state index is -0.221. The summed E-state index contributed by atoms with van der Waals surface area (Å²) in [5.41, 5.74) is 7.29. The van der Waals surface area contributed by atoms with Crippen molar-refractivity contribution in [3.05, 3.63) is 76.9 Å². The molecule has 0 amide bonds. The molecular formula is C28H28O5. The number of fused-ring (bicyclic) bond motifs is 2. The van der Waals surface area contributed by atoms with Gasteiger partial charge >= 0.3 is 5.97 Å². The lowest BCUT2D eigenvalue weighted by molar-refractivity contribution is -0.141. The molecule has 5 heteroatoms. The van der Waals surface area contributed by atoms with Crippen LogP contribution in [0.25, 0.3) is 11.1 Å². The fourth-order valence-corrected chi connectivity index (χ4v) is 4.96. The van der Waals surface area contributed by atoms with Crippen LogP contribution in [0.4, 0.5) is 0 Å². The summed E-state index contributed by atoms with van der Waals surface area (Å²) in [7, 11) is 3.11. The molecule has 5 rings (SSSR count). The molecular weight excluding hydrogens is 416 g/mol. The number of benzene rings is 3. The molecule has 0 spiro atoms. The van der Waals surface area contributed by atoms with Gasteiger partial charge in [-0.15, -0.1) is 0 Å². The quantitative estimate of drug-likeness (QED) is 0.452. The fourth-order valence-electron chi connectivity index (χ4n) is 4.96. The Labute approximate surface area is 194 Å². The van der Waals surface area contributed by atoms with Gasteiger partial charge in [-0.2, -0.15) is 0 Å². The highest BCUT2D eigenvalue weighted by Crippen LogP contribution is 2.43. The van der Waals surface area contributed by atoms with Crippen LogP contribution >= 0.6 is 0 Å². The number of ether oxygens (including phenoxy) is 4. The highest BCUT2D eigenvalue weighted by Gasteiger charge is 2.30. The van der Waals surface area contributed by atoms with E-state index in [0.29, 0.717) is 13.0 Å². The molecule has 2 aliphatic rings. The maximum absolute atomic E-state index is 11.7. The average Bonchev–Trinajstić information content (AvgIpc) is 3.43. The molecule has 0 aromatic heterocycles. The van der Waals surface area contributed by atoms with Gasteiger partial charge in [0, 0.05) is 17.5 Å². The van der Waals surface area contributed by atoms with E-state index < -0.39 is 0 Å². The number of rotatable bonds is 6. The first-order chi connectivity index (χ1) is 16.1. The molecule has 2 atom stereocenters. The predicted molar refractivity (Wildman–Crippen MR) is 126 cm³/mol. The van der Waals surface area contributed by atoms with E-state index in [2.05, 4.69) is 37.3 Å². The number of carbonyl (C=O) groups is 1. The van der Waals surface area contributed by atoms with E-state index in [0.717, 1.165) is 35.7 Å². The number of esters is 1. The lowest BCUT2D eigenvalue weighted by Gasteiger charge is -2.17. The molecule has 170 valence electrons. The van der Waals surface area contributed by atoms with E-state index in [1.165, 1.54) is 34.9 Å². The van der Waals surface area contributed by atoms with Gasteiger partial charge in [-0.25, -0.2) is 0 Å². The zero-order chi connectivity index (χ0) is 22.9. The lowest BCUT2D eigenvalue weighted by atomic mass is 9.93. The Hall–Kier alpha value is -3.47. The van der Waals surface area contributed by atoms with Gasteiger partial charge in [-0.05, 0) is 65.8 Å². The molecule has 0 saturated heterocycles. The maximum Gasteiger partial charge on any atom is 0.306 e. The first-order valence-corrected chi connectivity index (χ1v) is 11.3. The van der Waals surface area contributed by atoms with E-state index in [1.807, 2.05) is 24.3 Å². The number of methoxy groups -OCH3 is 2. The fraction of sp³-hybridized carbons (Fsp3) is 0.321. The van der Waals surface area contributed by atoms with Crippen molar-refractivity contribution in [1.82, 2.24) is 0 Å². The first-order valence-electron chi connectivity index (χ1n) is 11.3. The van der Waals surface area contributed by atoms with Crippen molar-refractivity contribution in [2.45, 2.75) is 38.2 Å². The van der Waals surface area contributed by atoms with Crippen molar-refractivity contribution in [3.8, 4) is 28.4 Å². The van der Waals surface area contributed by atoms with Crippen LogP contribution < -0.4 is 14.2 Å². The van der Waals surface area contributed by atoms with Crippen LogP contribution in [-0.2, 0) is 16.0 Å². The molecule has 3 aromatic carbocycles. The van der Waals surface area contributed by atoms with Crippen molar-refractivity contribution >= 4 is 5.97 Å². The Balaban J connectivity index is 1.39. The summed E-state index contributed by atoms with van der Waals surface area (Å²) in [6, 6.07) is 18.6. The molecule has 0 bridgehead atoms. The molecule has 3 aromatic rings. The van der Waals surface area contributed by atoms with Crippen molar-refractivity contribution in [2.75, 3.05) is 20.8 Å². The van der Waals surface area contributed by atoms with E-state index in [4.69, 9.17) is 18.9 Å². The second-order valence-electron chi connectivity index (χ2n) is 8.69. The Bertz CT molecular complexity index is 1200. The van der Waals surface area contributed by atoms with Gasteiger partial charge in [0.15, 0.2) is 0 Å². The number of hydrogen-bond donors (Lipinski definition) is 0. The molecule has 0 saturated carbocycles. The highest BCUT2D eigenvalue weighted by molar-refractivity contribution is 5.74. The summed E-state index contributed by atoms with van der Waals surface area (Å²) >= 11 is 0. The van der Waals surface area contributed by atoms with Gasteiger partial charge in [-0.3, -0.25) is 4.79 Å². The standard InChI is InChI=1S/C28H28O5/c1-17-7-8-19(30-2)14-25(17)22-5-4-6-24-23(22)11-12-26(24)33-20-9-10-21-18(13-28(29)31-3)16-32-27(21)15-20/h4-10,14-15,18,26H,11-13,16H2,1-3H3/t18?,26-/m1/s1. The van der Waals surface area contributed by atoms with E-state index >= 15 is 0 Å². The third kappa shape index (κ3) is 4.04. The third-order valence-corrected chi connectivity index (χ3v) is 6.73. The average molecular weight is 445 g/mol.